The molecule has 17 heavy (non-hydrogen) atoms. The summed E-state index contributed by atoms with van der Waals surface area (Å²) in [5, 5.41) is 6.98. The average Bonchev–Trinajstić information content (AvgIpc) is 2.56. The minimum Gasteiger partial charge on any atom is -0.338 e. The first-order chi connectivity index (χ1) is 7.91. The van der Waals surface area contributed by atoms with Gasteiger partial charge in [0.25, 0.3) is 5.91 Å². The number of aromatic nitrogens is 2. The molecule has 0 unspecified atom stereocenters. The molecule has 1 aromatic rings. The molecule has 1 aromatic heterocycles. The van der Waals surface area contributed by atoms with Crippen LogP contribution in [-0.2, 0) is 0 Å². The first-order valence-electron chi connectivity index (χ1n) is 6.21. The molecule has 1 aliphatic heterocycles. The van der Waals surface area contributed by atoms with Crippen LogP contribution in [0.3, 0.4) is 0 Å². The molecule has 4 nitrogen and oxygen atoms in total. The van der Waals surface area contributed by atoms with Gasteiger partial charge in [0.1, 0.15) is 0 Å². The Morgan fingerprint density at radius 1 is 1.41 bits per heavy atom. The average molecular weight is 235 g/mol. The van der Waals surface area contributed by atoms with Crippen molar-refractivity contribution in [3.05, 3.63) is 17.0 Å². The molecule has 1 saturated heterocycles. The first kappa shape index (κ1) is 12.1. The lowest BCUT2D eigenvalue weighted by atomic mass is 9.84. The molecular weight excluding hydrogens is 214 g/mol. The van der Waals surface area contributed by atoms with E-state index in [1.54, 1.807) is 0 Å². The Balaban J connectivity index is 2.21. The fourth-order valence-electron chi connectivity index (χ4n) is 2.62. The van der Waals surface area contributed by atoms with E-state index in [9.17, 15) is 4.79 Å². The Kier molecular flexibility index (Phi) is 2.98. The smallest absolute Gasteiger partial charge is 0.257 e. The van der Waals surface area contributed by atoms with Crippen molar-refractivity contribution in [2.24, 2.45) is 5.41 Å². The molecule has 1 fully saturated rings. The lowest BCUT2D eigenvalue weighted by molar-refractivity contribution is 0.0582. The van der Waals surface area contributed by atoms with Crippen LogP contribution in [-0.4, -0.2) is 34.1 Å². The van der Waals surface area contributed by atoms with Crippen molar-refractivity contribution in [3.63, 3.8) is 0 Å². The van der Waals surface area contributed by atoms with Gasteiger partial charge in [0, 0.05) is 18.8 Å². The highest BCUT2D eigenvalue weighted by Crippen LogP contribution is 2.29. The van der Waals surface area contributed by atoms with E-state index in [0.29, 0.717) is 0 Å². The fourth-order valence-corrected chi connectivity index (χ4v) is 2.62. The van der Waals surface area contributed by atoms with Crippen molar-refractivity contribution in [3.8, 4) is 0 Å². The van der Waals surface area contributed by atoms with Gasteiger partial charge < -0.3 is 4.90 Å². The summed E-state index contributed by atoms with van der Waals surface area (Å²) in [5.74, 6) is 0.126. The molecule has 0 radical (unpaired) electrons. The number of piperidine rings is 1. The van der Waals surface area contributed by atoms with Crippen molar-refractivity contribution >= 4 is 5.91 Å². The Hall–Kier alpha value is -1.32. The summed E-state index contributed by atoms with van der Waals surface area (Å²) in [6.45, 7) is 9.94. The third kappa shape index (κ3) is 2.35. The van der Waals surface area contributed by atoms with Crippen molar-refractivity contribution < 1.29 is 4.79 Å². The maximum Gasteiger partial charge on any atom is 0.257 e. The Bertz CT molecular complexity index is 414. The molecule has 0 atom stereocenters. The zero-order valence-electron chi connectivity index (χ0n) is 11.1. The topological polar surface area (TPSA) is 49.0 Å². The highest BCUT2D eigenvalue weighted by Gasteiger charge is 2.31. The van der Waals surface area contributed by atoms with Crippen LogP contribution in [0.4, 0.5) is 0 Å². The van der Waals surface area contributed by atoms with Gasteiger partial charge in [-0.1, -0.05) is 13.8 Å². The third-order valence-electron chi connectivity index (χ3n) is 3.53. The second-order valence-corrected chi connectivity index (χ2v) is 5.80. The molecule has 0 saturated carbocycles. The summed E-state index contributed by atoms with van der Waals surface area (Å²) in [6.07, 6.45) is 2.29. The molecule has 0 spiro atoms. The summed E-state index contributed by atoms with van der Waals surface area (Å²) in [4.78, 5) is 14.4. The molecular formula is C13H21N3O. The number of H-pyrrole nitrogens is 1. The molecule has 0 bridgehead atoms. The van der Waals surface area contributed by atoms with E-state index in [-0.39, 0.29) is 11.3 Å². The summed E-state index contributed by atoms with van der Waals surface area (Å²) in [6, 6.07) is 0. The molecule has 0 aromatic carbocycles. The van der Waals surface area contributed by atoms with Gasteiger partial charge in [0.05, 0.1) is 11.3 Å². The molecule has 4 heteroatoms. The number of hydrogen-bond donors (Lipinski definition) is 1. The zero-order chi connectivity index (χ0) is 12.6. The second kappa shape index (κ2) is 4.17. The number of aryl methyl sites for hydroxylation is 2. The largest absolute Gasteiger partial charge is 0.338 e. The van der Waals surface area contributed by atoms with Crippen LogP contribution < -0.4 is 0 Å². The number of hydrogen-bond acceptors (Lipinski definition) is 2. The quantitative estimate of drug-likeness (QED) is 0.812. The van der Waals surface area contributed by atoms with Crippen molar-refractivity contribution in [1.82, 2.24) is 15.1 Å². The summed E-state index contributed by atoms with van der Waals surface area (Å²) < 4.78 is 0. The van der Waals surface area contributed by atoms with Gasteiger partial charge >= 0.3 is 0 Å². The van der Waals surface area contributed by atoms with Crippen LogP contribution in [0.5, 0.6) is 0 Å². The van der Waals surface area contributed by atoms with Gasteiger partial charge in [-0.15, -0.1) is 0 Å². The number of amides is 1. The number of aromatic amines is 1. The predicted octanol–water partition coefficient (Wildman–Crippen LogP) is 2.29. The standard InChI is InChI=1S/C13H21N3O/c1-9-11(10(2)15-14-9)12(17)16-7-5-6-13(3,4)8-16/h5-8H2,1-4H3,(H,14,15). The Morgan fingerprint density at radius 3 is 2.65 bits per heavy atom. The number of carbonyl (C=O) groups excluding carboxylic acids is 1. The van der Waals surface area contributed by atoms with Crippen molar-refractivity contribution in [2.75, 3.05) is 13.1 Å². The summed E-state index contributed by atoms with van der Waals surface area (Å²) in [5.41, 5.74) is 2.66. The third-order valence-corrected chi connectivity index (χ3v) is 3.53. The maximum absolute atomic E-state index is 12.5. The minimum absolute atomic E-state index is 0.126. The van der Waals surface area contributed by atoms with Crippen LogP contribution in [0, 0.1) is 19.3 Å². The normalized spacial score (nSPS) is 19.4. The predicted molar refractivity (Wildman–Crippen MR) is 67.0 cm³/mol. The molecule has 1 amide bonds. The van der Waals surface area contributed by atoms with Gasteiger partial charge in [0.2, 0.25) is 0 Å². The number of likely N-dealkylation sites (tertiary alicyclic amines) is 1. The second-order valence-electron chi connectivity index (χ2n) is 5.80. The van der Waals surface area contributed by atoms with Gasteiger partial charge in [-0.25, -0.2) is 0 Å². The van der Waals surface area contributed by atoms with Gasteiger partial charge in [0.15, 0.2) is 0 Å². The van der Waals surface area contributed by atoms with E-state index in [2.05, 4.69) is 24.0 Å². The number of nitrogens with one attached hydrogen (secondary N) is 1. The van der Waals surface area contributed by atoms with E-state index in [1.165, 1.54) is 6.42 Å². The minimum atomic E-state index is 0.126. The fraction of sp³-hybridized carbons (Fsp3) is 0.692. The number of nitrogens with zero attached hydrogens (tertiary/aromatic N) is 2. The molecule has 2 heterocycles. The zero-order valence-corrected chi connectivity index (χ0v) is 11.1. The van der Waals surface area contributed by atoms with Gasteiger partial charge in [-0.3, -0.25) is 9.89 Å². The van der Waals surface area contributed by atoms with Gasteiger partial charge in [-0.05, 0) is 32.1 Å². The molecule has 94 valence electrons. The molecule has 0 aliphatic carbocycles. The van der Waals surface area contributed by atoms with Gasteiger partial charge in [-0.2, -0.15) is 5.10 Å². The van der Waals surface area contributed by atoms with E-state index >= 15 is 0 Å². The maximum atomic E-state index is 12.5. The SMILES string of the molecule is Cc1n[nH]c(C)c1C(=O)N1CCCC(C)(C)C1. The van der Waals surface area contributed by atoms with E-state index in [1.807, 2.05) is 18.7 Å². The Morgan fingerprint density at radius 2 is 2.12 bits per heavy atom. The summed E-state index contributed by atoms with van der Waals surface area (Å²) >= 11 is 0. The van der Waals surface area contributed by atoms with Crippen LogP contribution in [0.15, 0.2) is 0 Å². The summed E-state index contributed by atoms with van der Waals surface area (Å²) in [7, 11) is 0. The van der Waals surface area contributed by atoms with E-state index in [0.717, 1.165) is 36.5 Å². The molecule has 1 aliphatic rings. The van der Waals surface area contributed by atoms with Crippen molar-refractivity contribution in [1.29, 1.82) is 0 Å². The van der Waals surface area contributed by atoms with Crippen LogP contribution in [0.1, 0.15) is 48.4 Å². The lowest BCUT2D eigenvalue weighted by Gasteiger charge is -2.38. The van der Waals surface area contributed by atoms with E-state index < -0.39 is 0 Å². The number of rotatable bonds is 1. The highest BCUT2D eigenvalue weighted by molar-refractivity contribution is 5.96. The molecule has 1 N–H and O–H groups in total. The van der Waals surface area contributed by atoms with Crippen LogP contribution >= 0.6 is 0 Å². The monoisotopic (exact) mass is 235 g/mol. The van der Waals surface area contributed by atoms with Crippen LogP contribution in [0.2, 0.25) is 0 Å². The highest BCUT2D eigenvalue weighted by atomic mass is 16.2. The first-order valence-corrected chi connectivity index (χ1v) is 6.21. The van der Waals surface area contributed by atoms with Crippen molar-refractivity contribution in [2.45, 2.75) is 40.5 Å². The number of carbonyl (C=O) groups is 1. The van der Waals surface area contributed by atoms with Crippen LogP contribution in [0.25, 0.3) is 0 Å². The van der Waals surface area contributed by atoms with E-state index in [4.69, 9.17) is 0 Å². The lowest BCUT2D eigenvalue weighted by Crippen LogP contribution is -2.43. The molecule has 2 rings (SSSR count). The Labute approximate surface area is 102 Å².